The van der Waals surface area contributed by atoms with Gasteiger partial charge in [-0.05, 0) is 24.1 Å². The quantitative estimate of drug-likeness (QED) is 0.606. The third-order valence-corrected chi connectivity index (χ3v) is 5.87. The summed E-state index contributed by atoms with van der Waals surface area (Å²) in [4.78, 5) is 25.1. The van der Waals surface area contributed by atoms with E-state index in [-0.39, 0.29) is 5.56 Å². The fourth-order valence-corrected chi connectivity index (χ4v) is 4.74. The largest absolute Gasteiger partial charge is 0.377 e. The Labute approximate surface area is 163 Å². The Hall–Kier alpha value is -2.25. The maximum absolute atomic E-state index is 13.2. The van der Waals surface area contributed by atoms with E-state index in [9.17, 15) is 4.79 Å². The molecule has 132 valence electrons. The number of hydrogen-bond donors (Lipinski definition) is 0. The van der Waals surface area contributed by atoms with Gasteiger partial charge in [0.1, 0.15) is 15.9 Å². The second-order valence-electron chi connectivity index (χ2n) is 6.44. The maximum atomic E-state index is 13.2. The van der Waals surface area contributed by atoms with E-state index in [1.165, 1.54) is 11.3 Å². The van der Waals surface area contributed by atoms with Crippen LogP contribution in [0.4, 0.5) is 5.69 Å². The number of halogens is 1. The molecule has 1 aliphatic rings. The van der Waals surface area contributed by atoms with Gasteiger partial charge >= 0.3 is 0 Å². The molecule has 0 saturated carbocycles. The SMILES string of the molecule is CC1C=CC(n2cnc3c(sc4nccc(N(C)C)c43)c2=O)=CC(Br)=C1. The van der Waals surface area contributed by atoms with Crippen molar-refractivity contribution in [2.24, 2.45) is 5.92 Å². The van der Waals surface area contributed by atoms with Crippen LogP contribution in [-0.2, 0) is 0 Å². The Morgan fingerprint density at radius 2 is 2.12 bits per heavy atom. The van der Waals surface area contributed by atoms with Gasteiger partial charge in [-0.25, -0.2) is 9.97 Å². The van der Waals surface area contributed by atoms with Gasteiger partial charge in [0.15, 0.2) is 0 Å². The molecule has 5 nitrogen and oxygen atoms in total. The molecular formula is C19H17BrN4OS. The summed E-state index contributed by atoms with van der Waals surface area (Å²) in [5.74, 6) is 0.293. The van der Waals surface area contributed by atoms with Gasteiger partial charge in [0.25, 0.3) is 5.56 Å². The molecular weight excluding hydrogens is 412 g/mol. The molecule has 1 aliphatic carbocycles. The third-order valence-electron chi connectivity index (χ3n) is 4.30. The van der Waals surface area contributed by atoms with Gasteiger partial charge in [0.2, 0.25) is 0 Å². The second-order valence-corrected chi connectivity index (χ2v) is 8.36. The number of anilines is 1. The highest BCUT2D eigenvalue weighted by Crippen LogP contribution is 2.35. The highest BCUT2D eigenvalue weighted by molar-refractivity contribution is 9.11. The normalized spacial score (nSPS) is 17.3. The molecule has 0 fully saturated rings. The number of aromatic nitrogens is 3. The molecule has 3 heterocycles. The lowest BCUT2D eigenvalue weighted by atomic mass is 10.2. The van der Waals surface area contributed by atoms with Crippen molar-refractivity contribution in [1.82, 2.24) is 14.5 Å². The van der Waals surface area contributed by atoms with Gasteiger partial charge in [-0.1, -0.05) is 35.0 Å². The Morgan fingerprint density at radius 1 is 1.31 bits per heavy atom. The highest BCUT2D eigenvalue weighted by atomic mass is 79.9. The predicted molar refractivity (Wildman–Crippen MR) is 113 cm³/mol. The van der Waals surface area contributed by atoms with Gasteiger partial charge in [-0.15, -0.1) is 11.3 Å². The zero-order chi connectivity index (χ0) is 18.4. The summed E-state index contributed by atoms with van der Waals surface area (Å²) < 4.78 is 3.16. The Bertz CT molecular complexity index is 1170. The first-order valence-corrected chi connectivity index (χ1v) is 9.80. The third kappa shape index (κ3) is 2.81. The van der Waals surface area contributed by atoms with E-state index >= 15 is 0 Å². The molecule has 0 aliphatic heterocycles. The van der Waals surface area contributed by atoms with E-state index in [4.69, 9.17) is 0 Å². The standard InChI is InChI=1S/C19H17BrN4OS/c1-11-4-5-13(9-12(20)8-11)24-10-22-16-15-14(23(2)3)6-7-21-18(15)26-17(16)19(24)25/h4-11H,1-3H3. The van der Waals surface area contributed by atoms with Crippen molar-refractivity contribution < 1.29 is 0 Å². The maximum Gasteiger partial charge on any atom is 0.275 e. The molecule has 0 bridgehead atoms. The fraction of sp³-hybridized carbons (Fsp3) is 0.211. The molecule has 3 aromatic rings. The molecule has 7 heteroatoms. The molecule has 3 aromatic heterocycles. The minimum absolute atomic E-state index is 0.0755. The smallest absolute Gasteiger partial charge is 0.275 e. The van der Waals surface area contributed by atoms with Gasteiger partial charge in [-0.3, -0.25) is 9.36 Å². The number of allylic oxidation sites excluding steroid dienone is 6. The lowest BCUT2D eigenvalue weighted by Crippen LogP contribution is -2.18. The van der Waals surface area contributed by atoms with Gasteiger partial charge < -0.3 is 4.90 Å². The molecule has 0 spiro atoms. The van der Waals surface area contributed by atoms with Crippen LogP contribution in [0.5, 0.6) is 0 Å². The molecule has 0 N–H and O–H groups in total. The highest BCUT2D eigenvalue weighted by Gasteiger charge is 2.17. The molecule has 0 radical (unpaired) electrons. The first-order valence-electron chi connectivity index (χ1n) is 8.19. The average Bonchev–Trinajstić information content (AvgIpc) is 2.89. The summed E-state index contributed by atoms with van der Waals surface area (Å²) in [7, 11) is 3.96. The Kier molecular flexibility index (Phi) is 4.28. The minimum Gasteiger partial charge on any atom is -0.377 e. The van der Waals surface area contributed by atoms with E-state index in [0.717, 1.165) is 26.1 Å². The van der Waals surface area contributed by atoms with E-state index in [2.05, 4.69) is 45.0 Å². The van der Waals surface area contributed by atoms with Crippen LogP contribution in [0, 0.1) is 5.92 Å². The van der Waals surface area contributed by atoms with Crippen LogP contribution in [0.1, 0.15) is 6.92 Å². The van der Waals surface area contributed by atoms with E-state index < -0.39 is 0 Å². The van der Waals surface area contributed by atoms with Crippen LogP contribution < -0.4 is 10.5 Å². The lowest BCUT2D eigenvalue weighted by molar-refractivity contribution is 0.938. The summed E-state index contributed by atoms with van der Waals surface area (Å²) in [5, 5.41) is 0.932. The Balaban J connectivity index is 1.99. The van der Waals surface area contributed by atoms with E-state index in [1.54, 1.807) is 17.1 Å². The van der Waals surface area contributed by atoms with Crippen molar-refractivity contribution in [2.45, 2.75) is 6.92 Å². The second kappa shape index (κ2) is 6.48. The topological polar surface area (TPSA) is 51.0 Å². The number of rotatable bonds is 2. The molecule has 0 amide bonds. The van der Waals surface area contributed by atoms with E-state index in [0.29, 0.717) is 16.1 Å². The predicted octanol–water partition coefficient (Wildman–Crippen LogP) is 4.40. The van der Waals surface area contributed by atoms with Crippen molar-refractivity contribution >= 4 is 59.1 Å². The van der Waals surface area contributed by atoms with Crippen molar-refractivity contribution in [3.63, 3.8) is 0 Å². The van der Waals surface area contributed by atoms with Crippen molar-refractivity contribution in [2.75, 3.05) is 19.0 Å². The number of fused-ring (bicyclic) bond motifs is 3. The van der Waals surface area contributed by atoms with Gasteiger partial charge in [0, 0.05) is 24.8 Å². The summed E-state index contributed by atoms with van der Waals surface area (Å²) in [6.45, 7) is 2.10. The van der Waals surface area contributed by atoms with E-state index in [1.807, 2.05) is 37.2 Å². The van der Waals surface area contributed by atoms with Gasteiger partial charge in [0.05, 0.1) is 22.3 Å². The van der Waals surface area contributed by atoms with Crippen molar-refractivity contribution in [3.05, 3.63) is 57.7 Å². The Morgan fingerprint density at radius 3 is 2.88 bits per heavy atom. The molecule has 1 unspecified atom stereocenters. The van der Waals surface area contributed by atoms with Gasteiger partial charge in [-0.2, -0.15) is 0 Å². The number of pyridine rings is 1. The number of hydrogen-bond acceptors (Lipinski definition) is 5. The van der Waals surface area contributed by atoms with Crippen LogP contribution in [0.2, 0.25) is 0 Å². The zero-order valence-electron chi connectivity index (χ0n) is 14.6. The van der Waals surface area contributed by atoms with Crippen LogP contribution in [0.15, 0.2) is 52.2 Å². The van der Waals surface area contributed by atoms with Crippen LogP contribution in [0.3, 0.4) is 0 Å². The first kappa shape index (κ1) is 17.2. The summed E-state index contributed by atoms with van der Waals surface area (Å²) in [6, 6.07) is 1.95. The summed E-state index contributed by atoms with van der Waals surface area (Å²) >= 11 is 4.93. The van der Waals surface area contributed by atoms with Crippen LogP contribution in [-0.4, -0.2) is 28.6 Å². The summed E-state index contributed by atoms with van der Waals surface area (Å²) in [6.07, 6.45) is 11.4. The van der Waals surface area contributed by atoms with Crippen molar-refractivity contribution in [1.29, 1.82) is 0 Å². The molecule has 0 saturated heterocycles. The average molecular weight is 429 g/mol. The molecule has 4 rings (SSSR count). The zero-order valence-corrected chi connectivity index (χ0v) is 17.0. The first-order chi connectivity index (χ1) is 12.5. The van der Waals surface area contributed by atoms with Crippen molar-refractivity contribution in [3.8, 4) is 0 Å². The number of thiophene rings is 1. The monoisotopic (exact) mass is 428 g/mol. The number of nitrogens with zero attached hydrogens (tertiary/aromatic N) is 4. The minimum atomic E-state index is -0.0755. The van der Waals surface area contributed by atoms with Crippen LogP contribution in [0.25, 0.3) is 26.1 Å². The molecule has 1 atom stereocenters. The molecule has 0 aromatic carbocycles. The lowest BCUT2D eigenvalue weighted by Gasteiger charge is -2.13. The van der Waals surface area contributed by atoms with Crippen LogP contribution >= 0.6 is 27.3 Å². The fourth-order valence-electron chi connectivity index (χ4n) is 3.04. The molecule has 26 heavy (non-hydrogen) atoms. The summed E-state index contributed by atoms with van der Waals surface area (Å²) in [5.41, 5.74) is 2.44.